The summed E-state index contributed by atoms with van der Waals surface area (Å²) in [6, 6.07) is 13.0. The lowest BCUT2D eigenvalue weighted by Crippen LogP contribution is -2.30. The number of pyridine rings is 1. The fourth-order valence-electron chi connectivity index (χ4n) is 2.54. The zero-order valence-corrected chi connectivity index (χ0v) is 16.4. The SMILES string of the molecule is CC(C)(C)c1ccc(C(=O)NC(=O)CCSc2nnc3ccccn23)cc1. The zero-order chi connectivity index (χ0) is 19.4. The maximum atomic E-state index is 12.2. The number of hydrogen-bond donors (Lipinski definition) is 1. The molecule has 1 N–H and O–H groups in total. The van der Waals surface area contributed by atoms with E-state index in [1.165, 1.54) is 11.8 Å². The van der Waals surface area contributed by atoms with E-state index in [0.717, 1.165) is 16.4 Å². The third kappa shape index (κ3) is 4.74. The van der Waals surface area contributed by atoms with E-state index in [1.807, 2.05) is 40.9 Å². The standard InChI is InChI=1S/C20H22N4O2S/c1-20(2,3)15-9-7-14(8-10-15)18(26)21-17(25)11-13-27-19-23-22-16-6-4-5-12-24(16)19/h4-10,12H,11,13H2,1-3H3,(H,21,25,26). The van der Waals surface area contributed by atoms with Gasteiger partial charge in [0.05, 0.1) is 0 Å². The van der Waals surface area contributed by atoms with Crippen molar-refractivity contribution in [2.24, 2.45) is 0 Å². The third-order valence-electron chi connectivity index (χ3n) is 4.11. The lowest BCUT2D eigenvalue weighted by atomic mass is 9.87. The van der Waals surface area contributed by atoms with Gasteiger partial charge in [-0.25, -0.2) is 0 Å². The Morgan fingerprint density at radius 2 is 1.81 bits per heavy atom. The molecule has 7 heteroatoms. The van der Waals surface area contributed by atoms with Crippen molar-refractivity contribution in [3.63, 3.8) is 0 Å². The summed E-state index contributed by atoms with van der Waals surface area (Å²) in [4.78, 5) is 24.3. The Hall–Kier alpha value is -2.67. The Balaban J connectivity index is 1.51. The predicted molar refractivity (Wildman–Crippen MR) is 106 cm³/mol. The highest BCUT2D eigenvalue weighted by Crippen LogP contribution is 2.22. The first kappa shape index (κ1) is 19.1. The number of hydrogen-bond acceptors (Lipinski definition) is 5. The molecule has 0 saturated heterocycles. The molecule has 0 radical (unpaired) electrons. The van der Waals surface area contributed by atoms with E-state index < -0.39 is 0 Å². The molecule has 1 aromatic carbocycles. The molecule has 3 rings (SSSR count). The second-order valence-electron chi connectivity index (χ2n) is 7.21. The molecule has 0 aliphatic carbocycles. The van der Waals surface area contributed by atoms with Crippen LogP contribution in [0.5, 0.6) is 0 Å². The van der Waals surface area contributed by atoms with E-state index in [9.17, 15) is 9.59 Å². The molecule has 140 valence electrons. The van der Waals surface area contributed by atoms with Gasteiger partial charge in [-0.15, -0.1) is 10.2 Å². The fourth-order valence-corrected chi connectivity index (χ4v) is 3.40. The highest BCUT2D eigenvalue weighted by atomic mass is 32.2. The van der Waals surface area contributed by atoms with Crippen molar-refractivity contribution in [3.8, 4) is 0 Å². The molecule has 27 heavy (non-hydrogen) atoms. The van der Waals surface area contributed by atoms with Crippen molar-refractivity contribution in [3.05, 3.63) is 59.8 Å². The summed E-state index contributed by atoms with van der Waals surface area (Å²) >= 11 is 1.43. The number of carbonyl (C=O) groups excluding carboxylic acids is 2. The van der Waals surface area contributed by atoms with Crippen LogP contribution in [0.2, 0.25) is 0 Å². The molecular formula is C20H22N4O2S. The number of nitrogens with zero attached hydrogens (tertiary/aromatic N) is 3. The summed E-state index contributed by atoms with van der Waals surface area (Å²) in [5, 5.41) is 11.3. The van der Waals surface area contributed by atoms with Gasteiger partial charge < -0.3 is 0 Å². The topological polar surface area (TPSA) is 76.4 Å². The minimum atomic E-state index is -0.376. The van der Waals surface area contributed by atoms with E-state index in [1.54, 1.807) is 12.1 Å². The lowest BCUT2D eigenvalue weighted by Gasteiger charge is -2.18. The molecule has 0 bridgehead atoms. The summed E-state index contributed by atoms with van der Waals surface area (Å²) in [6.07, 6.45) is 2.10. The van der Waals surface area contributed by atoms with Gasteiger partial charge in [0.1, 0.15) is 0 Å². The molecule has 0 saturated carbocycles. The van der Waals surface area contributed by atoms with Gasteiger partial charge in [0.25, 0.3) is 5.91 Å². The maximum absolute atomic E-state index is 12.2. The minimum absolute atomic E-state index is 0.0217. The molecule has 3 aromatic rings. The Labute approximate surface area is 162 Å². The highest BCUT2D eigenvalue weighted by molar-refractivity contribution is 7.99. The highest BCUT2D eigenvalue weighted by Gasteiger charge is 2.15. The molecule has 0 fully saturated rings. The van der Waals surface area contributed by atoms with Gasteiger partial charge in [0, 0.05) is 23.9 Å². The number of imide groups is 1. The van der Waals surface area contributed by atoms with Crippen molar-refractivity contribution in [1.82, 2.24) is 19.9 Å². The first-order valence-corrected chi connectivity index (χ1v) is 9.70. The Morgan fingerprint density at radius 1 is 1.07 bits per heavy atom. The van der Waals surface area contributed by atoms with Gasteiger partial charge in [-0.1, -0.05) is 50.7 Å². The number of carbonyl (C=O) groups is 2. The summed E-state index contributed by atoms with van der Waals surface area (Å²) in [5.74, 6) is -0.169. The van der Waals surface area contributed by atoms with Crippen LogP contribution in [-0.2, 0) is 10.2 Å². The zero-order valence-electron chi connectivity index (χ0n) is 15.6. The van der Waals surface area contributed by atoms with Gasteiger partial charge in [0.15, 0.2) is 10.8 Å². The number of thioether (sulfide) groups is 1. The fraction of sp³-hybridized carbons (Fsp3) is 0.300. The first-order valence-electron chi connectivity index (χ1n) is 8.72. The first-order chi connectivity index (χ1) is 12.8. The summed E-state index contributed by atoms with van der Waals surface area (Å²) in [7, 11) is 0. The summed E-state index contributed by atoms with van der Waals surface area (Å²) in [6.45, 7) is 6.34. The Kier molecular flexibility index (Phi) is 5.60. The normalized spacial score (nSPS) is 11.5. The largest absolute Gasteiger partial charge is 0.292 e. The molecule has 0 aliphatic heterocycles. The van der Waals surface area contributed by atoms with Crippen molar-refractivity contribution < 1.29 is 9.59 Å². The molecule has 0 atom stereocenters. The van der Waals surface area contributed by atoms with Crippen LogP contribution in [-0.4, -0.2) is 32.2 Å². The van der Waals surface area contributed by atoms with E-state index in [0.29, 0.717) is 11.3 Å². The van der Waals surface area contributed by atoms with Crippen LogP contribution >= 0.6 is 11.8 Å². The molecule has 2 aromatic heterocycles. The number of amides is 2. The van der Waals surface area contributed by atoms with Gasteiger partial charge in [-0.2, -0.15) is 0 Å². The molecule has 6 nitrogen and oxygen atoms in total. The molecule has 0 aliphatic rings. The predicted octanol–water partition coefficient (Wildman–Crippen LogP) is 3.47. The second kappa shape index (κ2) is 7.92. The minimum Gasteiger partial charge on any atom is -0.292 e. The molecule has 0 unspecified atom stereocenters. The number of fused-ring (bicyclic) bond motifs is 1. The quantitative estimate of drug-likeness (QED) is 0.684. The summed E-state index contributed by atoms with van der Waals surface area (Å²) < 4.78 is 1.87. The van der Waals surface area contributed by atoms with E-state index in [-0.39, 0.29) is 23.7 Å². The number of rotatable bonds is 5. The lowest BCUT2D eigenvalue weighted by molar-refractivity contribution is -0.119. The molecule has 2 amide bonds. The smallest absolute Gasteiger partial charge is 0.257 e. The number of benzene rings is 1. The van der Waals surface area contributed by atoms with Crippen LogP contribution in [0.25, 0.3) is 5.65 Å². The average molecular weight is 382 g/mol. The van der Waals surface area contributed by atoms with Gasteiger partial charge in [-0.3, -0.25) is 19.3 Å². The van der Waals surface area contributed by atoms with Crippen LogP contribution in [0.1, 0.15) is 43.1 Å². The Bertz CT molecular complexity index is 958. The van der Waals surface area contributed by atoms with Gasteiger partial charge in [0.2, 0.25) is 5.91 Å². The molecule has 0 spiro atoms. The van der Waals surface area contributed by atoms with Gasteiger partial charge in [-0.05, 0) is 35.2 Å². The van der Waals surface area contributed by atoms with E-state index in [2.05, 4.69) is 36.3 Å². The van der Waals surface area contributed by atoms with Crippen molar-refractivity contribution in [2.75, 3.05) is 5.75 Å². The molecular weight excluding hydrogens is 360 g/mol. The number of nitrogens with one attached hydrogen (secondary N) is 1. The van der Waals surface area contributed by atoms with E-state index in [4.69, 9.17) is 0 Å². The van der Waals surface area contributed by atoms with Crippen LogP contribution in [0.4, 0.5) is 0 Å². The van der Waals surface area contributed by atoms with Crippen LogP contribution in [0.15, 0.2) is 53.8 Å². The van der Waals surface area contributed by atoms with Crippen molar-refractivity contribution in [2.45, 2.75) is 37.8 Å². The van der Waals surface area contributed by atoms with Crippen molar-refractivity contribution in [1.29, 1.82) is 0 Å². The third-order valence-corrected chi connectivity index (χ3v) is 5.05. The number of aromatic nitrogens is 3. The van der Waals surface area contributed by atoms with Crippen LogP contribution in [0, 0.1) is 0 Å². The maximum Gasteiger partial charge on any atom is 0.257 e. The average Bonchev–Trinajstić information content (AvgIpc) is 3.04. The van der Waals surface area contributed by atoms with E-state index >= 15 is 0 Å². The second-order valence-corrected chi connectivity index (χ2v) is 8.28. The summed E-state index contributed by atoms with van der Waals surface area (Å²) in [5.41, 5.74) is 2.40. The Morgan fingerprint density at radius 3 is 2.52 bits per heavy atom. The van der Waals surface area contributed by atoms with Crippen LogP contribution < -0.4 is 5.32 Å². The monoisotopic (exact) mass is 382 g/mol. The molecule has 2 heterocycles. The van der Waals surface area contributed by atoms with Crippen molar-refractivity contribution >= 4 is 29.2 Å². The van der Waals surface area contributed by atoms with Gasteiger partial charge >= 0.3 is 0 Å². The van der Waals surface area contributed by atoms with Crippen LogP contribution in [0.3, 0.4) is 0 Å².